The highest BCUT2D eigenvalue weighted by atomic mass is 16.5. The number of likely N-dealkylation sites (tertiary alicyclic amines) is 1. The van der Waals surface area contributed by atoms with Crippen molar-refractivity contribution in [1.82, 2.24) is 10.2 Å². The van der Waals surface area contributed by atoms with Crippen LogP contribution in [0.3, 0.4) is 0 Å². The molecule has 140 valence electrons. The van der Waals surface area contributed by atoms with E-state index < -0.39 is 0 Å². The first-order chi connectivity index (χ1) is 12.2. The molecule has 5 heteroatoms. The van der Waals surface area contributed by atoms with E-state index in [0.717, 1.165) is 45.4 Å². The molecule has 1 heterocycles. The first-order valence-electron chi connectivity index (χ1n) is 9.36. The van der Waals surface area contributed by atoms with Crippen LogP contribution >= 0.6 is 0 Å². The summed E-state index contributed by atoms with van der Waals surface area (Å²) < 4.78 is 11.1. The summed E-state index contributed by atoms with van der Waals surface area (Å²) in [6, 6.07) is 10.3. The van der Waals surface area contributed by atoms with Gasteiger partial charge in [0.15, 0.2) is 5.96 Å². The standard InChI is InChI=1S/C20H33N3O2/c1-4-21-20(23-11-10-19(13-23)15-24-3)22-12-17(2)14-25-16-18-8-6-5-7-9-18/h5-9,17,19H,4,10-16H2,1-3H3,(H,21,22). The summed E-state index contributed by atoms with van der Waals surface area (Å²) in [5.41, 5.74) is 1.22. The molecule has 1 fully saturated rings. The van der Waals surface area contributed by atoms with Gasteiger partial charge in [0.05, 0.1) is 19.8 Å². The number of methoxy groups -OCH3 is 1. The van der Waals surface area contributed by atoms with Crippen molar-refractivity contribution in [2.45, 2.75) is 26.9 Å². The van der Waals surface area contributed by atoms with Crippen LogP contribution in [0.25, 0.3) is 0 Å². The molecule has 1 saturated heterocycles. The zero-order chi connectivity index (χ0) is 17.9. The Morgan fingerprint density at radius 1 is 1.36 bits per heavy atom. The SMILES string of the molecule is CCNC(=NCC(C)COCc1ccccc1)N1CCC(COC)C1. The second kappa shape index (κ2) is 11.1. The third-order valence-corrected chi connectivity index (χ3v) is 4.39. The second-order valence-electron chi connectivity index (χ2n) is 6.86. The van der Waals surface area contributed by atoms with Gasteiger partial charge in [-0.15, -0.1) is 0 Å². The van der Waals surface area contributed by atoms with Gasteiger partial charge in [0, 0.05) is 39.2 Å². The van der Waals surface area contributed by atoms with Gasteiger partial charge in [0.1, 0.15) is 0 Å². The van der Waals surface area contributed by atoms with Crippen LogP contribution in [0, 0.1) is 11.8 Å². The van der Waals surface area contributed by atoms with Crippen molar-refractivity contribution in [2.75, 3.05) is 46.5 Å². The van der Waals surface area contributed by atoms with E-state index in [1.807, 2.05) is 18.2 Å². The molecule has 2 atom stereocenters. The van der Waals surface area contributed by atoms with Crippen LogP contribution in [0.5, 0.6) is 0 Å². The lowest BCUT2D eigenvalue weighted by molar-refractivity contribution is 0.0944. The highest BCUT2D eigenvalue weighted by Crippen LogP contribution is 2.16. The van der Waals surface area contributed by atoms with Gasteiger partial charge < -0.3 is 19.7 Å². The first-order valence-corrected chi connectivity index (χ1v) is 9.36. The van der Waals surface area contributed by atoms with Crippen LogP contribution in [-0.2, 0) is 16.1 Å². The van der Waals surface area contributed by atoms with Crippen LogP contribution < -0.4 is 5.32 Å². The Morgan fingerprint density at radius 2 is 2.16 bits per heavy atom. The van der Waals surface area contributed by atoms with Crippen molar-refractivity contribution in [1.29, 1.82) is 0 Å². The minimum atomic E-state index is 0.398. The molecule has 0 aliphatic carbocycles. The Kier molecular flexibility index (Phi) is 8.77. The second-order valence-corrected chi connectivity index (χ2v) is 6.86. The highest BCUT2D eigenvalue weighted by Gasteiger charge is 2.24. The number of nitrogens with zero attached hydrogens (tertiary/aromatic N) is 2. The molecule has 0 bridgehead atoms. The van der Waals surface area contributed by atoms with Crippen LogP contribution in [0.4, 0.5) is 0 Å². The molecule has 25 heavy (non-hydrogen) atoms. The molecule has 5 nitrogen and oxygen atoms in total. The van der Waals surface area contributed by atoms with Crippen LogP contribution in [0.2, 0.25) is 0 Å². The first kappa shape index (κ1) is 19.7. The maximum Gasteiger partial charge on any atom is 0.193 e. The van der Waals surface area contributed by atoms with Crippen molar-refractivity contribution in [3.8, 4) is 0 Å². The minimum Gasteiger partial charge on any atom is -0.384 e. The van der Waals surface area contributed by atoms with E-state index in [1.54, 1.807) is 7.11 Å². The van der Waals surface area contributed by atoms with E-state index in [0.29, 0.717) is 18.4 Å². The number of nitrogens with one attached hydrogen (secondary N) is 1. The monoisotopic (exact) mass is 347 g/mol. The zero-order valence-electron chi connectivity index (χ0n) is 15.9. The van der Waals surface area contributed by atoms with Gasteiger partial charge in [-0.1, -0.05) is 37.3 Å². The Morgan fingerprint density at radius 3 is 2.88 bits per heavy atom. The predicted octanol–water partition coefficient (Wildman–Crippen LogP) is 2.77. The molecule has 1 aliphatic heterocycles. The van der Waals surface area contributed by atoms with Gasteiger partial charge in [0.2, 0.25) is 0 Å². The summed E-state index contributed by atoms with van der Waals surface area (Å²) in [5, 5.41) is 3.42. The number of ether oxygens (including phenoxy) is 2. The predicted molar refractivity (Wildman–Crippen MR) is 103 cm³/mol. The highest BCUT2D eigenvalue weighted by molar-refractivity contribution is 5.80. The Bertz CT molecular complexity index is 507. The van der Waals surface area contributed by atoms with Gasteiger partial charge >= 0.3 is 0 Å². The normalized spacial score (nSPS) is 19.2. The van der Waals surface area contributed by atoms with Crippen molar-refractivity contribution < 1.29 is 9.47 Å². The Balaban J connectivity index is 1.75. The quantitative estimate of drug-likeness (QED) is 0.551. The fraction of sp³-hybridized carbons (Fsp3) is 0.650. The van der Waals surface area contributed by atoms with Gasteiger partial charge in [-0.25, -0.2) is 0 Å². The van der Waals surface area contributed by atoms with E-state index in [-0.39, 0.29) is 0 Å². The number of guanidine groups is 1. The third-order valence-electron chi connectivity index (χ3n) is 4.39. The lowest BCUT2D eigenvalue weighted by atomic mass is 10.1. The van der Waals surface area contributed by atoms with Crippen molar-refractivity contribution in [2.24, 2.45) is 16.8 Å². The van der Waals surface area contributed by atoms with E-state index in [9.17, 15) is 0 Å². The summed E-state index contributed by atoms with van der Waals surface area (Å²) in [5.74, 6) is 2.03. The molecular formula is C20H33N3O2. The number of benzene rings is 1. The molecule has 2 rings (SSSR count). The van der Waals surface area contributed by atoms with Crippen LogP contribution in [0.1, 0.15) is 25.8 Å². The number of hydrogen-bond acceptors (Lipinski definition) is 3. The zero-order valence-corrected chi connectivity index (χ0v) is 15.9. The molecule has 1 N–H and O–H groups in total. The van der Waals surface area contributed by atoms with E-state index in [4.69, 9.17) is 14.5 Å². The van der Waals surface area contributed by atoms with Gasteiger partial charge in [-0.2, -0.15) is 0 Å². The van der Waals surface area contributed by atoms with Crippen molar-refractivity contribution in [3.05, 3.63) is 35.9 Å². The maximum atomic E-state index is 5.83. The van der Waals surface area contributed by atoms with Gasteiger partial charge in [-0.3, -0.25) is 4.99 Å². The minimum absolute atomic E-state index is 0.398. The van der Waals surface area contributed by atoms with Gasteiger partial charge in [0.25, 0.3) is 0 Å². The molecular weight excluding hydrogens is 314 g/mol. The smallest absolute Gasteiger partial charge is 0.193 e. The van der Waals surface area contributed by atoms with E-state index in [1.165, 1.54) is 12.0 Å². The number of aliphatic imine (C=N–C) groups is 1. The average Bonchev–Trinajstić information content (AvgIpc) is 3.08. The molecule has 1 aromatic rings. The molecule has 2 unspecified atom stereocenters. The number of rotatable bonds is 9. The van der Waals surface area contributed by atoms with Crippen LogP contribution in [0.15, 0.2) is 35.3 Å². The summed E-state index contributed by atoms with van der Waals surface area (Å²) in [4.78, 5) is 7.18. The summed E-state index contributed by atoms with van der Waals surface area (Å²) in [6.07, 6.45) is 1.17. The average molecular weight is 348 g/mol. The van der Waals surface area contributed by atoms with Crippen molar-refractivity contribution in [3.63, 3.8) is 0 Å². The van der Waals surface area contributed by atoms with E-state index >= 15 is 0 Å². The fourth-order valence-corrected chi connectivity index (χ4v) is 3.07. The van der Waals surface area contributed by atoms with Crippen LogP contribution in [-0.4, -0.2) is 57.4 Å². The molecule has 0 saturated carbocycles. The molecule has 1 aliphatic rings. The summed E-state index contributed by atoms with van der Waals surface area (Å²) in [7, 11) is 1.78. The molecule has 0 aromatic heterocycles. The largest absolute Gasteiger partial charge is 0.384 e. The molecule has 0 amide bonds. The summed E-state index contributed by atoms with van der Waals surface area (Å²) in [6.45, 7) is 10.3. The molecule has 0 radical (unpaired) electrons. The maximum absolute atomic E-state index is 5.83. The lowest BCUT2D eigenvalue weighted by Gasteiger charge is -2.22. The van der Waals surface area contributed by atoms with Gasteiger partial charge in [-0.05, 0) is 24.8 Å². The molecule has 0 spiro atoms. The summed E-state index contributed by atoms with van der Waals surface area (Å²) >= 11 is 0. The number of hydrogen-bond donors (Lipinski definition) is 1. The van der Waals surface area contributed by atoms with Crippen molar-refractivity contribution >= 4 is 5.96 Å². The topological polar surface area (TPSA) is 46.1 Å². The molecule has 1 aromatic carbocycles. The third kappa shape index (κ3) is 7.04. The van der Waals surface area contributed by atoms with E-state index in [2.05, 4.69) is 36.2 Å². The lowest BCUT2D eigenvalue weighted by Crippen LogP contribution is -2.40. The Hall–Kier alpha value is -1.59. The Labute approximate surface area is 152 Å². The fourth-order valence-electron chi connectivity index (χ4n) is 3.07.